The molecule has 0 aliphatic carbocycles. The van der Waals surface area contributed by atoms with Crippen LogP contribution in [0.2, 0.25) is 0 Å². The van der Waals surface area contributed by atoms with Gasteiger partial charge < -0.3 is 24.5 Å². The van der Waals surface area contributed by atoms with E-state index in [0.717, 1.165) is 10.1 Å². The van der Waals surface area contributed by atoms with E-state index in [1.165, 1.54) is 11.3 Å². The van der Waals surface area contributed by atoms with Crippen LogP contribution in [-0.4, -0.2) is 52.5 Å². The van der Waals surface area contributed by atoms with Gasteiger partial charge in [0.05, 0.1) is 26.8 Å². The van der Waals surface area contributed by atoms with Gasteiger partial charge in [-0.25, -0.2) is 0 Å². The number of hydrogen-bond donors (Lipinski definition) is 2. The van der Waals surface area contributed by atoms with Gasteiger partial charge >= 0.3 is 0 Å². The summed E-state index contributed by atoms with van der Waals surface area (Å²) in [6.45, 7) is 7.36. The number of rotatable bonds is 6. The molecule has 8 nitrogen and oxygen atoms in total. The fourth-order valence-electron chi connectivity index (χ4n) is 4.24. The van der Waals surface area contributed by atoms with E-state index in [9.17, 15) is 14.7 Å². The Balaban J connectivity index is 1.41. The summed E-state index contributed by atoms with van der Waals surface area (Å²) < 4.78 is 12.8. The molecule has 9 heteroatoms. The predicted molar refractivity (Wildman–Crippen MR) is 134 cm³/mol. The molecule has 1 atom stereocenters. The quantitative estimate of drug-likeness (QED) is 0.402. The van der Waals surface area contributed by atoms with E-state index in [1.54, 1.807) is 42.3 Å². The van der Waals surface area contributed by atoms with Gasteiger partial charge in [-0.15, -0.1) is 11.3 Å². The van der Waals surface area contributed by atoms with Crippen molar-refractivity contribution in [1.29, 1.82) is 0 Å². The second-order valence-electron chi connectivity index (χ2n) is 9.22. The fraction of sp³-hybridized carbons (Fsp3) is 0.346. The molecule has 182 valence electrons. The Labute approximate surface area is 206 Å². The lowest BCUT2D eigenvalue weighted by atomic mass is 10.1. The lowest BCUT2D eigenvalue weighted by Crippen LogP contribution is -2.28. The number of nitrogens with one attached hydrogen (secondary N) is 1. The van der Waals surface area contributed by atoms with Crippen LogP contribution in [0.15, 0.2) is 40.9 Å². The van der Waals surface area contributed by atoms with Gasteiger partial charge in [-0.1, -0.05) is 13.8 Å². The molecule has 0 bridgehead atoms. The number of carbonyl (C=O) groups excluding carboxylic acids is 2. The van der Waals surface area contributed by atoms with E-state index >= 15 is 0 Å². The highest BCUT2D eigenvalue weighted by Crippen LogP contribution is 2.37. The second-order valence-corrected chi connectivity index (χ2v) is 10.3. The third kappa shape index (κ3) is 4.61. The van der Waals surface area contributed by atoms with E-state index in [1.807, 2.05) is 19.9 Å². The Hall–Kier alpha value is -3.43. The van der Waals surface area contributed by atoms with Gasteiger partial charge in [0.25, 0.3) is 11.8 Å². The van der Waals surface area contributed by atoms with E-state index in [4.69, 9.17) is 9.15 Å². The first kappa shape index (κ1) is 23.3. The van der Waals surface area contributed by atoms with Crippen LogP contribution in [0.3, 0.4) is 0 Å². The van der Waals surface area contributed by atoms with Crippen molar-refractivity contribution in [3.63, 3.8) is 0 Å². The van der Waals surface area contributed by atoms with Gasteiger partial charge in [-0.3, -0.25) is 14.6 Å². The molecule has 5 rings (SSSR count). The van der Waals surface area contributed by atoms with E-state index < -0.39 is 6.10 Å². The summed E-state index contributed by atoms with van der Waals surface area (Å²) in [4.78, 5) is 32.2. The van der Waals surface area contributed by atoms with Gasteiger partial charge in [0, 0.05) is 43.4 Å². The van der Waals surface area contributed by atoms with Crippen LogP contribution in [-0.2, 0) is 0 Å². The number of fused-ring (bicyclic) bond motifs is 2. The molecule has 3 aromatic heterocycles. The summed E-state index contributed by atoms with van der Waals surface area (Å²) >= 11 is 1.32. The molecule has 1 aliphatic rings. The van der Waals surface area contributed by atoms with Crippen molar-refractivity contribution in [1.82, 2.24) is 15.2 Å². The standard InChI is InChI=1S/C26H27N3O5S/c1-14(2)12-28-25(31)23-15(3)33-21-10-17(4-5-18(21)23)34-20-6-8-27-19-11-22(35-24(19)20)26(32)29-9-7-16(30)13-29/h4-6,8,10-11,14,16,30H,7,9,12-13H2,1-3H3,(H,28,31)/t16-/m1/s1. The van der Waals surface area contributed by atoms with Crippen molar-refractivity contribution in [2.24, 2.45) is 5.92 Å². The van der Waals surface area contributed by atoms with Crippen molar-refractivity contribution >= 4 is 44.3 Å². The largest absolute Gasteiger partial charge is 0.460 e. The van der Waals surface area contributed by atoms with Gasteiger partial charge in [-0.05, 0) is 37.5 Å². The Bertz CT molecular complexity index is 1420. The summed E-state index contributed by atoms with van der Waals surface area (Å²) in [5.41, 5.74) is 1.77. The van der Waals surface area contributed by atoms with E-state index in [0.29, 0.717) is 70.8 Å². The second kappa shape index (κ2) is 9.31. The number of furan rings is 1. The molecule has 2 N–H and O–H groups in total. The van der Waals surface area contributed by atoms with Gasteiger partial charge in [0.1, 0.15) is 22.8 Å². The van der Waals surface area contributed by atoms with Crippen molar-refractivity contribution in [3.8, 4) is 11.5 Å². The number of amides is 2. The fourth-order valence-corrected chi connectivity index (χ4v) is 5.27. The van der Waals surface area contributed by atoms with Crippen LogP contribution in [0.25, 0.3) is 21.2 Å². The third-order valence-electron chi connectivity index (χ3n) is 6.00. The highest BCUT2D eigenvalue weighted by molar-refractivity contribution is 7.21. The predicted octanol–water partition coefficient (Wildman–Crippen LogP) is 4.74. The highest BCUT2D eigenvalue weighted by atomic mass is 32.1. The van der Waals surface area contributed by atoms with Crippen LogP contribution in [0.5, 0.6) is 11.5 Å². The first-order chi connectivity index (χ1) is 16.8. The average molecular weight is 494 g/mol. The zero-order chi connectivity index (χ0) is 24.7. The number of thiophene rings is 1. The topological polar surface area (TPSA) is 105 Å². The molecule has 1 saturated heterocycles. The zero-order valence-electron chi connectivity index (χ0n) is 19.8. The Kier molecular flexibility index (Phi) is 6.21. The van der Waals surface area contributed by atoms with Crippen LogP contribution in [0.4, 0.5) is 0 Å². The van der Waals surface area contributed by atoms with Crippen molar-refractivity contribution < 1.29 is 23.8 Å². The number of nitrogens with zero attached hydrogens (tertiary/aromatic N) is 2. The summed E-state index contributed by atoms with van der Waals surface area (Å²) in [5, 5.41) is 13.4. The molecule has 1 aliphatic heterocycles. The number of aromatic nitrogens is 1. The Morgan fingerprint density at radius 1 is 1.31 bits per heavy atom. The number of aliphatic hydroxyl groups excluding tert-OH is 1. The number of aliphatic hydroxyl groups is 1. The molecule has 1 aromatic carbocycles. The minimum Gasteiger partial charge on any atom is -0.460 e. The van der Waals surface area contributed by atoms with Crippen LogP contribution < -0.4 is 10.1 Å². The first-order valence-corrected chi connectivity index (χ1v) is 12.5. The van der Waals surface area contributed by atoms with E-state index in [2.05, 4.69) is 10.3 Å². The molecule has 35 heavy (non-hydrogen) atoms. The molecular formula is C26H27N3O5S. The molecule has 1 fully saturated rings. The highest BCUT2D eigenvalue weighted by Gasteiger charge is 2.27. The number of pyridine rings is 1. The van der Waals surface area contributed by atoms with Crippen molar-refractivity contribution in [2.75, 3.05) is 19.6 Å². The third-order valence-corrected chi connectivity index (χ3v) is 7.13. The number of aryl methyl sites for hydroxylation is 1. The van der Waals surface area contributed by atoms with Crippen molar-refractivity contribution in [3.05, 3.63) is 52.7 Å². The monoisotopic (exact) mass is 493 g/mol. The minimum atomic E-state index is -0.465. The maximum absolute atomic E-state index is 12.9. The number of benzene rings is 1. The van der Waals surface area contributed by atoms with Crippen LogP contribution >= 0.6 is 11.3 Å². The lowest BCUT2D eigenvalue weighted by Gasteiger charge is -2.13. The molecule has 4 heterocycles. The molecule has 2 amide bonds. The Morgan fingerprint density at radius 3 is 2.89 bits per heavy atom. The summed E-state index contributed by atoms with van der Waals surface area (Å²) in [7, 11) is 0. The number of β-amino-alcohol motifs (C(OH)–C–C–N with tert-alkyl or cyclic N) is 1. The molecule has 0 unspecified atom stereocenters. The Morgan fingerprint density at radius 2 is 2.14 bits per heavy atom. The minimum absolute atomic E-state index is 0.105. The van der Waals surface area contributed by atoms with E-state index in [-0.39, 0.29) is 11.8 Å². The summed E-state index contributed by atoms with van der Waals surface area (Å²) in [5.74, 6) is 1.78. The number of hydrogen-bond acceptors (Lipinski definition) is 7. The average Bonchev–Trinajstić information content (AvgIpc) is 3.53. The van der Waals surface area contributed by atoms with Gasteiger partial charge in [0.2, 0.25) is 0 Å². The molecule has 4 aromatic rings. The van der Waals surface area contributed by atoms with Crippen LogP contribution in [0, 0.1) is 12.8 Å². The zero-order valence-corrected chi connectivity index (χ0v) is 20.6. The molecule has 0 radical (unpaired) electrons. The summed E-state index contributed by atoms with van der Waals surface area (Å²) in [6.07, 6.45) is 1.77. The molecular weight excluding hydrogens is 466 g/mol. The van der Waals surface area contributed by atoms with Gasteiger partial charge in [0.15, 0.2) is 0 Å². The lowest BCUT2D eigenvalue weighted by molar-refractivity contribution is 0.0769. The number of ether oxygens (including phenoxy) is 1. The molecule has 0 spiro atoms. The molecule has 0 saturated carbocycles. The van der Waals surface area contributed by atoms with Crippen LogP contribution in [0.1, 0.15) is 46.1 Å². The number of carbonyl (C=O) groups is 2. The normalized spacial score (nSPS) is 15.9. The van der Waals surface area contributed by atoms with Crippen molar-refractivity contribution in [2.45, 2.75) is 33.3 Å². The smallest absolute Gasteiger partial charge is 0.264 e. The first-order valence-electron chi connectivity index (χ1n) is 11.6. The van der Waals surface area contributed by atoms with Gasteiger partial charge in [-0.2, -0.15) is 0 Å². The summed E-state index contributed by atoms with van der Waals surface area (Å²) in [6, 6.07) is 8.91. The number of likely N-dealkylation sites (tertiary alicyclic amines) is 1. The maximum atomic E-state index is 12.9. The maximum Gasteiger partial charge on any atom is 0.264 e. The SMILES string of the molecule is Cc1oc2cc(Oc3ccnc4cc(C(=O)N5CC[C@@H](O)C5)sc34)ccc2c1C(=O)NCC(C)C.